The van der Waals surface area contributed by atoms with E-state index < -0.39 is 0 Å². The Morgan fingerprint density at radius 3 is 2.44 bits per heavy atom. The summed E-state index contributed by atoms with van der Waals surface area (Å²) in [4.78, 5) is 5.60. The Kier molecular flexibility index (Phi) is 5.24. The number of halogens is 3. The largest absolute Gasteiger partial charge is 0.378 e. The van der Waals surface area contributed by atoms with Crippen molar-refractivity contribution in [2.75, 3.05) is 5.32 Å². The van der Waals surface area contributed by atoms with Crippen LogP contribution in [0.25, 0.3) is 0 Å². The van der Waals surface area contributed by atoms with Gasteiger partial charge in [-0.3, -0.25) is 0 Å². The van der Waals surface area contributed by atoms with Crippen molar-refractivity contribution in [2.24, 2.45) is 0 Å². The highest BCUT2D eigenvalue weighted by Crippen LogP contribution is 2.34. The van der Waals surface area contributed by atoms with Gasteiger partial charge in [-0.1, -0.05) is 22.9 Å². The first-order chi connectivity index (χ1) is 8.60. The quantitative estimate of drug-likeness (QED) is 0.649. The maximum absolute atomic E-state index is 4.35. The Morgan fingerprint density at radius 1 is 1.22 bits per heavy atom. The first-order valence-corrected chi connectivity index (χ1v) is 8.61. The van der Waals surface area contributed by atoms with Gasteiger partial charge in [0.05, 0.1) is 17.2 Å². The fourth-order valence-corrected chi connectivity index (χ4v) is 4.82. The molecule has 0 radical (unpaired) electrons. The first kappa shape index (κ1) is 14.5. The van der Waals surface area contributed by atoms with Crippen molar-refractivity contribution in [1.82, 2.24) is 4.98 Å². The number of benzene rings is 1. The molecular weight excluding hydrogens is 444 g/mol. The van der Waals surface area contributed by atoms with Gasteiger partial charge in [0.1, 0.15) is 0 Å². The van der Waals surface area contributed by atoms with Crippen LogP contribution in [0.2, 0.25) is 0 Å². The van der Waals surface area contributed by atoms with Crippen LogP contribution in [0.3, 0.4) is 0 Å². The van der Waals surface area contributed by atoms with Gasteiger partial charge in [0.15, 0.2) is 0 Å². The molecule has 0 unspecified atom stereocenters. The molecule has 1 N–H and O–H groups in total. The molecule has 6 heteroatoms. The van der Waals surface area contributed by atoms with E-state index in [0.29, 0.717) is 0 Å². The van der Waals surface area contributed by atoms with Crippen LogP contribution in [0.4, 0.5) is 5.69 Å². The van der Waals surface area contributed by atoms with Gasteiger partial charge in [-0.25, -0.2) is 4.98 Å². The lowest BCUT2D eigenvalue weighted by Gasteiger charge is -2.10. The zero-order chi connectivity index (χ0) is 13.1. The molecule has 1 heterocycles. The summed E-state index contributed by atoms with van der Waals surface area (Å²) in [5, 5.41) is 4.60. The molecule has 1 aromatic carbocycles. The van der Waals surface area contributed by atoms with E-state index in [2.05, 4.69) is 65.0 Å². The molecular formula is C12H11Br3N2S. The summed E-state index contributed by atoms with van der Waals surface area (Å²) in [6.45, 7) is 2.91. The Bertz CT molecular complexity index is 531. The molecule has 0 atom stereocenters. The molecule has 0 saturated carbocycles. The van der Waals surface area contributed by atoms with Gasteiger partial charge in [-0.05, 0) is 50.4 Å². The predicted molar refractivity (Wildman–Crippen MR) is 88.4 cm³/mol. The molecule has 2 nitrogen and oxygen atoms in total. The molecule has 2 aromatic rings. The number of aromatic nitrogens is 1. The second kappa shape index (κ2) is 6.50. The minimum atomic E-state index is 0.788. The zero-order valence-electron chi connectivity index (χ0n) is 9.64. The molecule has 0 amide bonds. The third kappa shape index (κ3) is 3.56. The van der Waals surface area contributed by atoms with Crippen molar-refractivity contribution in [3.63, 3.8) is 0 Å². The molecule has 0 aliphatic rings. The lowest BCUT2D eigenvalue weighted by Crippen LogP contribution is -1.99. The maximum Gasteiger partial charge on any atom is 0.0925 e. The summed E-state index contributed by atoms with van der Waals surface area (Å²) in [6.07, 6.45) is 2.94. The molecule has 18 heavy (non-hydrogen) atoms. The van der Waals surface area contributed by atoms with Crippen LogP contribution in [-0.2, 0) is 13.0 Å². The number of hydrogen-bond acceptors (Lipinski definition) is 3. The molecule has 0 saturated heterocycles. The molecule has 0 aliphatic carbocycles. The summed E-state index contributed by atoms with van der Waals surface area (Å²) in [5.41, 5.74) is 1.06. The summed E-state index contributed by atoms with van der Waals surface area (Å²) in [6, 6.07) is 4.05. The third-order valence-corrected chi connectivity index (χ3v) is 5.20. The van der Waals surface area contributed by atoms with E-state index in [1.807, 2.05) is 18.3 Å². The van der Waals surface area contributed by atoms with Gasteiger partial charge < -0.3 is 5.32 Å². The van der Waals surface area contributed by atoms with Crippen LogP contribution < -0.4 is 5.32 Å². The van der Waals surface area contributed by atoms with Gasteiger partial charge >= 0.3 is 0 Å². The number of thiazole rings is 1. The van der Waals surface area contributed by atoms with Crippen LogP contribution in [0.1, 0.15) is 16.8 Å². The topological polar surface area (TPSA) is 24.9 Å². The summed E-state index contributed by atoms with van der Waals surface area (Å²) in [7, 11) is 0. The van der Waals surface area contributed by atoms with Gasteiger partial charge in [0, 0.05) is 24.5 Å². The predicted octanol–water partition coefficient (Wildman–Crippen LogP) is 5.61. The second-order valence-corrected chi connectivity index (χ2v) is 7.50. The summed E-state index contributed by atoms with van der Waals surface area (Å²) in [5.74, 6) is 0. The van der Waals surface area contributed by atoms with Crippen LogP contribution in [0.5, 0.6) is 0 Å². The van der Waals surface area contributed by atoms with E-state index in [1.54, 1.807) is 11.3 Å². The van der Waals surface area contributed by atoms with Crippen LogP contribution in [-0.4, -0.2) is 4.98 Å². The summed E-state index contributed by atoms with van der Waals surface area (Å²) < 4.78 is 3.10. The standard InChI is InChI=1S/C12H11Br3N2S/c1-2-11-16-5-8(18-11)6-17-12-9(14)3-7(13)4-10(12)15/h3-5,17H,2,6H2,1H3. The Balaban J connectivity index is 2.10. The number of nitrogens with zero attached hydrogens (tertiary/aromatic N) is 1. The van der Waals surface area contributed by atoms with Crippen LogP contribution >= 0.6 is 59.1 Å². The Morgan fingerprint density at radius 2 is 1.89 bits per heavy atom. The molecule has 0 spiro atoms. The SMILES string of the molecule is CCc1ncc(CNc2c(Br)cc(Br)cc2Br)s1. The fraction of sp³-hybridized carbons (Fsp3) is 0.250. The van der Waals surface area contributed by atoms with Crippen molar-refractivity contribution in [1.29, 1.82) is 0 Å². The van der Waals surface area contributed by atoms with Gasteiger partial charge in [-0.2, -0.15) is 0 Å². The van der Waals surface area contributed by atoms with Gasteiger partial charge in [0.2, 0.25) is 0 Å². The van der Waals surface area contributed by atoms with E-state index in [0.717, 1.165) is 32.1 Å². The van der Waals surface area contributed by atoms with E-state index >= 15 is 0 Å². The highest BCUT2D eigenvalue weighted by Gasteiger charge is 2.07. The van der Waals surface area contributed by atoms with Crippen LogP contribution in [0, 0.1) is 0 Å². The van der Waals surface area contributed by atoms with E-state index in [1.165, 1.54) is 9.88 Å². The molecule has 2 rings (SSSR count). The van der Waals surface area contributed by atoms with E-state index in [-0.39, 0.29) is 0 Å². The smallest absolute Gasteiger partial charge is 0.0925 e. The number of rotatable bonds is 4. The number of nitrogens with one attached hydrogen (secondary N) is 1. The van der Waals surface area contributed by atoms with E-state index in [9.17, 15) is 0 Å². The first-order valence-electron chi connectivity index (χ1n) is 5.42. The highest BCUT2D eigenvalue weighted by molar-refractivity contribution is 9.11. The Labute approximate surface area is 136 Å². The van der Waals surface area contributed by atoms with Crippen molar-refractivity contribution in [3.05, 3.63) is 41.6 Å². The van der Waals surface area contributed by atoms with Crippen molar-refractivity contribution >= 4 is 64.8 Å². The second-order valence-electron chi connectivity index (χ2n) is 3.67. The summed E-state index contributed by atoms with van der Waals surface area (Å²) >= 11 is 12.3. The number of aryl methyl sites for hydroxylation is 1. The van der Waals surface area contributed by atoms with Gasteiger partial charge in [0.25, 0.3) is 0 Å². The monoisotopic (exact) mass is 452 g/mol. The van der Waals surface area contributed by atoms with Crippen molar-refractivity contribution < 1.29 is 0 Å². The normalized spacial score (nSPS) is 10.7. The maximum atomic E-state index is 4.35. The highest BCUT2D eigenvalue weighted by atomic mass is 79.9. The minimum absolute atomic E-state index is 0.788. The zero-order valence-corrected chi connectivity index (χ0v) is 15.2. The molecule has 0 aliphatic heterocycles. The lowest BCUT2D eigenvalue weighted by atomic mass is 10.3. The molecule has 96 valence electrons. The van der Waals surface area contributed by atoms with Gasteiger partial charge in [-0.15, -0.1) is 11.3 Å². The number of anilines is 1. The van der Waals surface area contributed by atoms with Crippen LogP contribution in [0.15, 0.2) is 31.7 Å². The average molecular weight is 455 g/mol. The third-order valence-electron chi connectivity index (χ3n) is 2.35. The molecule has 0 fully saturated rings. The van der Waals surface area contributed by atoms with E-state index in [4.69, 9.17) is 0 Å². The average Bonchev–Trinajstić information content (AvgIpc) is 2.75. The minimum Gasteiger partial charge on any atom is -0.378 e. The molecule has 1 aromatic heterocycles. The number of hydrogen-bond donors (Lipinski definition) is 1. The van der Waals surface area contributed by atoms with Crippen molar-refractivity contribution in [3.8, 4) is 0 Å². The lowest BCUT2D eigenvalue weighted by molar-refractivity contribution is 1.09. The van der Waals surface area contributed by atoms with Crippen molar-refractivity contribution in [2.45, 2.75) is 19.9 Å². The Hall–Kier alpha value is 0.0900. The fourth-order valence-electron chi connectivity index (χ4n) is 1.48. The molecule has 0 bridgehead atoms.